The molecule has 11 rings (SSSR count). The van der Waals surface area contributed by atoms with Crippen LogP contribution in [0.25, 0.3) is 92.4 Å². The van der Waals surface area contributed by atoms with Crippen molar-refractivity contribution in [1.29, 1.82) is 0 Å². The summed E-state index contributed by atoms with van der Waals surface area (Å²) in [6, 6.07) is 61.6. The Morgan fingerprint density at radius 3 is 1.85 bits per heavy atom. The fourth-order valence-electron chi connectivity index (χ4n) is 8.97. The van der Waals surface area contributed by atoms with Crippen LogP contribution in [0, 0.1) is 0 Å². The van der Waals surface area contributed by atoms with E-state index in [1.54, 1.807) is 0 Å². The number of pyridine rings is 1. The maximum atomic E-state index is 5.13. The molecule has 1 aliphatic carbocycles. The highest BCUT2D eigenvalue weighted by molar-refractivity contribution is 7.26. The quantitative estimate of drug-likeness (QED) is 0.179. The summed E-state index contributed by atoms with van der Waals surface area (Å²) >= 11 is 1.94. The van der Waals surface area contributed by atoms with E-state index in [0.29, 0.717) is 0 Å². The molecule has 1 aliphatic rings. The molecule has 250 valence electrons. The normalized spacial score (nSPS) is 13.2. The van der Waals surface area contributed by atoms with E-state index in [0.717, 1.165) is 39.3 Å². The van der Waals surface area contributed by atoms with Gasteiger partial charge in [0.05, 0.1) is 22.4 Å². The van der Waals surface area contributed by atoms with E-state index in [1.807, 2.05) is 11.3 Å². The zero-order valence-corrected chi connectivity index (χ0v) is 30.3. The third-order valence-corrected chi connectivity index (χ3v) is 12.5. The molecule has 0 aliphatic heterocycles. The first-order chi connectivity index (χ1) is 26.1. The molecule has 3 heterocycles. The number of aromatic nitrogens is 2. The van der Waals surface area contributed by atoms with Crippen LogP contribution in [0.1, 0.15) is 25.0 Å². The van der Waals surface area contributed by atoms with Crippen LogP contribution in [-0.4, -0.2) is 9.55 Å². The molecule has 0 N–H and O–H groups in total. The fraction of sp³-hybridized carbons (Fsp3) is 0.0600. The summed E-state index contributed by atoms with van der Waals surface area (Å²) in [5.74, 6) is 0. The van der Waals surface area contributed by atoms with Gasteiger partial charge in [-0.3, -0.25) is 0 Å². The van der Waals surface area contributed by atoms with Gasteiger partial charge in [-0.05, 0) is 64.2 Å². The van der Waals surface area contributed by atoms with Crippen molar-refractivity contribution in [2.45, 2.75) is 19.3 Å². The molecule has 3 heteroatoms. The lowest BCUT2D eigenvalue weighted by Gasteiger charge is -2.23. The minimum Gasteiger partial charge on any atom is -0.309 e. The molecule has 10 aromatic rings. The van der Waals surface area contributed by atoms with Crippen molar-refractivity contribution in [3.8, 4) is 50.5 Å². The van der Waals surface area contributed by atoms with Gasteiger partial charge in [-0.2, -0.15) is 0 Å². The predicted molar refractivity (Wildman–Crippen MR) is 225 cm³/mol. The topological polar surface area (TPSA) is 17.8 Å². The van der Waals surface area contributed by atoms with Crippen molar-refractivity contribution in [1.82, 2.24) is 9.55 Å². The number of hydrogen-bond donors (Lipinski definition) is 0. The molecule has 0 fully saturated rings. The fourth-order valence-corrected chi connectivity index (χ4v) is 10.2. The molecule has 53 heavy (non-hydrogen) atoms. The number of nitrogens with zero attached hydrogens (tertiary/aromatic N) is 2. The maximum Gasteiger partial charge on any atom is 0.0715 e. The van der Waals surface area contributed by atoms with Crippen LogP contribution < -0.4 is 0 Å². The van der Waals surface area contributed by atoms with Gasteiger partial charge in [0.2, 0.25) is 0 Å². The molecule has 0 bridgehead atoms. The Hall–Kier alpha value is -6.29. The van der Waals surface area contributed by atoms with Gasteiger partial charge < -0.3 is 4.57 Å². The average Bonchev–Trinajstić information content (AvgIpc) is 3.84. The summed E-state index contributed by atoms with van der Waals surface area (Å²) in [6.45, 7) is 4.83. The van der Waals surface area contributed by atoms with Crippen LogP contribution in [0.4, 0.5) is 0 Å². The van der Waals surface area contributed by atoms with Gasteiger partial charge >= 0.3 is 0 Å². The molecule has 0 unspecified atom stereocenters. The summed E-state index contributed by atoms with van der Waals surface area (Å²) in [7, 11) is 0. The summed E-state index contributed by atoms with van der Waals surface area (Å²) in [6.07, 6.45) is 0. The molecule has 0 radical (unpaired) electrons. The van der Waals surface area contributed by atoms with Gasteiger partial charge in [0.25, 0.3) is 0 Å². The van der Waals surface area contributed by atoms with Crippen molar-refractivity contribution in [3.63, 3.8) is 0 Å². The lowest BCUT2D eigenvalue weighted by Crippen LogP contribution is -2.15. The van der Waals surface area contributed by atoms with Crippen molar-refractivity contribution in [2.75, 3.05) is 0 Å². The molecule has 3 aromatic heterocycles. The van der Waals surface area contributed by atoms with E-state index in [1.165, 1.54) is 64.2 Å². The van der Waals surface area contributed by atoms with E-state index in [2.05, 4.69) is 188 Å². The van der Waals surface area contributed by atoms with Crippen LogP contribution in [0.5, 0.6) is 0 Å². The molecule has 0 saturated carbocycles. The number of fused-ring (bicyclic) bond motifs is 12. The van der Waals surface area contributed by atoms with Crippen molar-refractivity contribution in [3.05, 3.63) is 181 Å². The van der Waals surface area contributed by atoms with Gasteiger partial charge in [0, 0.05) is 58.7 Å². The van der Waals surface area contributed by atoms with Gasteiger partial charge in [0.1, 0.15) is 0 Å². The Bertz CT molecular complexity index is 3000. The van der Waals surface area contributed by atoms with Crippen molar-refractivity contribution < 1.29 is 0 Å². The SMILES string of the molecule is CC1(C)c2ccccc2-c2c1c1c3ccccc3sc1c1c3ccccc3n(-c3ccc(-c4cc(-c5ccccc5)nc(-c5ccccc5)c4)cc3)c21. The monoisotopic (exact) mass is 694 g/mol. The first kappa shape index (κ1) is 30.3. The summed E-state index contributed by atoms with van der Waals surface area (Å²) in [4.78, 5) is 5.13. The molecule has 0 saturated heterocycles. The van der Waals surface area contributed by atoms with E-state index in [9.17, 15) is 0 Å². The average molecular weight is 695 g/mol. The van der Waals surface area contributed by atoms with E-state index < -0.39 is 0 Å². The van der Waals surface area contributed by atoms with Crippen molar-refractivity contribution in [2.24, 2.45) is 0 Å². The molecular weight excluding hydrogens is 661 g/mol. The lowest BCUT2D eigenvalue weighted by atomic mass is 9.80. The van der Waals surface area contributed by atoms with Crippen molar-refractivity contribution >= 4 is 53.3 Å². The molecular formula is C50H34N2S. The second-order valence-corrected chi connectivity index (χ2v) is 15.8. The number of benzene rings is 7. The Kier molecular flexibility index (Phi) is 6.50. The van der Waals surface area contributed by atoms with Crippen LogP contribution in [0.2, 0.25) is 0 Å². The van der Waals surface area contributed by atoms with Crippen LogP contribution in [-0.2, 0) is 5.41 Å². The highest BCUT2D eigenvalue weighted by Gasteiger charge is 2.40. The highest BCUT2D eigenvalue weighted by Crippen LogP contribution is 2.58. The number of hydrogen-bond acceptors (Lipinski definition) is 2. The first-order valence-corrected chi connectivity index (χ1v) is 19.1. The molecule has 2 nitrogen and oxygen atoms in total. The summed E-state index contributed by atoms with van der Waals surface area (Å²) in [5, 5.41) is 5.41. The summed E-state index contributed by atoms with van der Waals surface area (Å²) in [5.41, 5.74) is 15.5. The minimum absolute atomic E-state index is 0.151. The third-order valence-electron chi connectivity index (χ3n) is 11.4. The maximum absolute atomic E-state index is 5.13. The van der Waals surface area contributed by atoms with E-state index in [-0.39, 0.29) is 5.41 Å². The highest BCUT2D eigenvalue weighted by atomic mass is 32.1. The lowest BCUT2D eigenvalue weighted by molar-refractivity contribution is 0.667. The van der Waals surface area contributed by atoms with E-state index >= 15 is 0 Å². The Morgan fingerprint density at radius 2 is 1.13 bits per heavy atom. The number of para-hydroxylation sites is 1. The van der Waals surface area contributed by atoms with Gasteiger partial charge in [-0.25, -0.2) is 4.98 Å². The Labute approximate surface area is 312 Å². The molecule has 7 aromatic carbocycles. The van der Waals surface area contributed by atoms with Crippen LogP contribution in [0.3, 0.4) is 0 Å². The second-order valence-electron chi connectivity index (χ2n) is 14.7. The third kappa shape index (κ3) is 4.41. The first-order valence-electron chi connectivity index (χ1n) is 18.3. The second kappa shape index (κ2) is 11.4. The van der Waals surface area contributed by atoms with Crippen LogP contribution >= 0.6 is 11.3 Å². The summed E-state index contributed by atoms with van der Waals surface area (Å²) < 4.78 is 5.26. The van der Waals surface area contributed by atoms with Gasteiger partial charge in [-0.1, -0.05) is 147 Å². The van der Waals surface area contributed by atoms with Gasteiger partial charge in [-0.15, -0.1) is 11.3 Å². The Balaban J connectivity index is 1.18. The largest absolute Gasteiger partial charge is 0.309 e. The Morgan fingerprint density at radius 1 is 0.528 bits per heavy atom. The van der Waals surface area contributed by atoms with E-state index in [4.69, 9.17) is 4.98 Å². The standard InChI is InChI=1S/C50H34N2S/c1-50(2)39-22-12-9-19-36(39)44-47(50)45-38-21-11-14-24-43(38)53-49(45)46-37-20-10-13-23-42(37)52(48(44)46)35-27-25-31(26-28-35)34-29-40(32-15-5-3-6-16-32)51-41(30-34)33-17-7-4-8-18-33/h3-30H,1-2H3. The molecule has 0 atom stereocenters. The minimum atomic E-state index is -0.151. The van der Waals surface area contributed by atoms with Crippen LogP contribution in [0.15, 0.2) is 170 Å². The number of thiophene rings is 1. The zero-order chi connectivity index (χ0) is 35.3. The number of rotatable bonds is 4. The van der Waals surface area contributed by atoms with Gasteiger partial charge in [0.15, 0.2) is 0 Å². The molecule has 0 spiro atoms. The smallest absolute Gasteiger partial charge is 0.0715 e. The zero-order valence-electron chi connectivity index (χ0n) is 29.5. The predicted octanol–water partition coefficient (Wildman–Crippen LogP) is 13.9. The molecule has 0 amide bonds.